The van der Waals surface area contributed by atoms with Gasteiger partial charge in [-0.1, -0.05) is 27.6 Å². The van der Waals surface area contributed by atoms with Crippen LogP contribution in [0.2, 0.25) is 17.6 Å². The van der Waals surface area contributed by atoms with Crippen LogP contribution in [0.4, 0.5) is 0 Å². The Morgan fingerprint density at radius 2 is 2.14 bits per heavy atom. The molecule has 0 aromatic carbocycles. The quantitative estimate of drug-likeness (QED) is 0.385. The zero-order valence-corrected chi connectivity index (χ0v) is 10.8. The number of hydrogen-bond acceptors (Lipinski definition) is 1. The van der Waals surface area contributed by atoms with E-state index in [2.05, 4.69) is 26.7 Å². The summed E-state index contributed by atoms with van der Waals surface area (Å²) in [6.45, 7) is 6.85. The van der Waals surface area contributed by atoms with Crippen molar-refractivity contribution in [3.05, 3.63) is 0 Å². The summed E-state index contributed by atoms with van der Waals surface area (Å²) in [5.74, 6) is 2.57. The molecule has 1 unspecified atom stereocenters. The third-order valence-electron chi connectivity index (χ3n) is 2.81. The first-order valence-corrected chi connectivity index (χ1v) is 7.71. The smallest absolute Gasteiger partial charge is 0.194 e. The van der Waals surface area contributed by atoms with Crippen molar-refractivity contribution >= 4 is 8.32 Å². The molecule has 82 valence electrons. The van der Waals surface area contributed by atoms with Gasteiger partial charge in [0.05, 0.1) is 0 Å². The number of unbranched alkanes of at least 4 members (excludes halogenated alkanes) is 1. The number of rotatable bonds is 5. The van der Waals surface area contributed by atoms with Crippen LogP contribution in [-0.2, 0) is 4.43 Å². The lowest BCUT2D eigenvalue weighted by Crippen LogP contribution is -2.43. The Bertz CT molecular complexity index is 275. The molecule has 0 aliphatic rings. The van der Waals surface area contributed by atoms with Gasteiger partial charge in [0, 0.05) is 17.1 Å². The van der Waals surface area contributed by atoms with Crippen molar-refractivity contribution in [1.82, 2.24) is 0 Å². The first-order chi connectivity index (χ1) is 7.52. The molecule has 0 fully saturated rings. The predicted molar refractivity (Wildman–Crippen MR) is 65.8 cm³/mol. The highest BCUT2D eigenvalue weighted by molar-refractivity contribution is 6.75. The maximum absolute atomic E-state index is 7.44. The molecular weight excluding hydrogens is 188 g/mol. The van der Waals surface area contributed by atoms with Gasteiger partial charge in [0.1, 0.15) is 0 Å². The summed E-state index contributed by atoms with van der Waals surface area (Å²) in [5.41, 5.74) is 0. The van der Waals surface area contributed by atoms with E-state index in [1.807, 2.05) is 6.55 Å². The predicted octanol–water partition coefficient (Wildman–Crippen LogP) is 3.81. The molecule has 0 aliphatic heterocycles. The Kier molecular flexibility index (Phi) is 3.58. The van der Waals surface area contributed by atoms with Gasteiger partial charge in [0.15, 0.2) is 8.32 Å². The van der Waals surface area contributed by atoms with Crippen molar-refractivity contribution in [2.24, 2.45) is 0 Å². The summed E-state index contributed by atoms with van der Waals surface area (Å²) in [5, 5.41) is -0.0858. The third-order valence-corrected chi connectivity index (χ3v) is 7.50. The Labute approximate surface area is 94.6 Å². The highest BCUT2D eigenvalue weighted by atomic mass is 28.4. The van der Waals surface area contributed by atoms with E-state index in [1.165, 1.54) is 0 Å². The molecule has 0 radical (unpaired) electrons. The van der Waals surface area contributed by atoms with E-state index in [0.717, 1.165) is 6.42 Å². The van der Waals surface area contributed by atoms with Gasteiger partial charge < -0.3 is 4.43 Å². The average Bonchev–Trinajstić information content (AvgIpc) is 2.08. The first-order valence-electron chi connectivity index (χ1n) is 6.59. The van der Waals surface area contributed by atoms with Crippen LogP contribution in [-0.4, -0.2) is 14.9 Å². The lowest BCUT2D eigenvalue weighted by atomic mass is 10.2. The van der Waals surface area contributed by atoms with E-state index in [9.17, 15) is 0 Å². The Hall–Kier alpha value is -0.263. The molecule has 1 atom stereocenters. The van der Waals surface area contributed by atoms with Crippen LogP contribution in [0.1, 0.15) is 44.6 Å². The van der Waals surface area contributed by atoms with Gasteiger partial charge in [0.2, 0.25) is 0 Å². The fourth-order valence-electron chi connectivity index (χ4n) is 1.00. The van der Waals surface area contributed by atoms with Crippen LogP contribution in [0, 0.1) is 12.3 Å². The SMILES string of the molecule is [2H]C([2H])([2H])C[Si](C)(OCCCC#C)C(C)(C)C. The molecule has 0 amide bonds. The summed E-state index contributed by atoms with van der Waals surface area (Å²) in [4.78, 5) is 0. The average molecular weight is 215 g/mol. The van der Waals surface area contributed by atoms with Crippen LogP contribution in [0.5, 0.6) is 0 Å². The molecule has 2 heteroatoms. The highest BCUT2D eigenvalue weighted by Crippen LogP contribution is 2.39. The van der Waals surface area contributed by atoms with E-state index in [4.69, 9.17) is 15.0 Å². The first kappa shape index (κ1) is 9.00. The maximum atomic E-state index is 7.44. The van der Waals surface area contributed by atoms with Crippen LogP contribution >= 0.6 is 0 Å². The van der Waals surface area contributed by atoms with Crippen LogP contribution < -0.4 is 0 Å². The maximum Gasteiger partial charge on any atom is 0.194 e. The van der Waals surface area contributed by atoms with Crippen molar-refractivity contribution in [1.29, 1.82) is 0 Å². The topological polar surface area (TPSA) is 9.23 Å². The standard InChI is InChI=1S/C12H24OSi/c1-7-9-10-11-13-14(6,8-2)12(3,4)5/h1H,8-11H2,2-6H3/i2D3. The molecule has 0 saturated heterocycles. The monoisotopic (exact) mass is 215 g/mol. The number of hydrogen-bond donors (Lipinski definition) is 0. The molecule has 0 N–H and O–H groups in total. The van der Waals surface area contributed by atoms with Gasteiger partial charge in [-0.3, -0.25) is 0 Å². The van der Waals surface area contributed by atoms with Crippen molar-refractivity contribution in [3.8, 4) is 12.3 Å². The summed E-state index contributed by atoms with van der Waals surface area (Å²) in [6, 6.07) is 0.194. The summed E-state index contributed by atoms with van der Waals surface area (Å²) in [7, 11) is -2.27. The van der Waals surface area contributed by atoms with Crippen molar-refractivity contribution in [3.63, 3.8) is 0 Å². The van der Waals surface area contributed by atoms with Crippen LogP contribution in [0.3, 0.4) is 0 Å². The molecule has 0 bridgehead atoms. The lowest BCUT2D eigenvalue weighted by Gasteiger charge is -2.38. The molecule has 0 spiro atoms. The van der Waals surface area contributed by atoms with Gasteiger partial charge in [-0.25, -0.2) is 0 Å². The third kappa shape index (κ3) is 3.85. The molecule has 14 heavy (non-hydrogen) atoms. The van der Waals surface area contributed by atoms with Gasteiger partial charge in [-0.15, -0.1) is 12.3 Å². The molecule has 0 heterocycles. The minimum atomic E-state index is -2.27. The molecule has 0 saturated carbocycles. The molecule has 0 aromatic heterocycles. The normalized spacial score (nSPS) is 20.1. The van der Waals surface area contributed by atoms with Gasteiger partial charge in [-0.2, -0.15) is 0 Å². The summed E-state index contributed by atoms with van der Waals surface area (Å²) >= 11 is 0. The highest BCUT2D eigenvalue weighted by Gasteiger charge is 2.39. The van der Waals surface area contributed by atoms with Gasteiger partial charge in [0.25, 0.3) is 0 Å². The van der Waals surface area contributed by atoms with Gasteiger partial charge in [-0.05, 0) is 24.1 Å². The van der Waals surface area contributed by atoms with E-state index in [-0.39, 0.29) is 11.1 Å². The molecule has 1 nitrogen and oxygen atoms in total. The Morgan fingerprint density at radius 1 is 1.50 bits per heavy atom. The van der Waals surface area contributed by atoms with Crippen LogP contribution in [0.25, 0.3) is 0 Å². The second-order valence-corrected chi connectivity index (χ2v) is 9.42. The molecular formula is C12H24OSi. The molecule has 0 rings (SSSR count). The van der Waals surface area contributed by atoms with Crippen molar-refractivity contribution < 1.29 is 8.54 Å². The largest absolute Gasteiger partial charge is 0.417 e. The van der Waals surface area contributed by atoms with Crippen molar-refractivity contribution in [2.45, 2.75) is 58.1 Å². The van der Waals surface area contributed by atoms with E-state index in [1.54, 1.807) is 0 Å². The second kappa shape index (κ2) is 5.58. The van der Waals surface area contributed by atoms with E-state index < -0.39 is 15.2 Å². The second-order valence-electron chi connectivity index (χ2n) is 4.81. The van der Waals surface area contributed by atoms with Crippen LogP contribution in [0.15, 0.2) is 0 Å². The molecule has 0 aromatic rings. The zero-order chi connectivity index (χ0) is 13.7. The zero-order valence-electron chi connectivity index (χ0n) is 12.8. The number of terminal acetylenes is 1. The molecule has 0 aliphatic carbocycles. The van der Waals surface area contributed by atoms with E-state index >= 15 is 0 Å². The Balaban J connectivity index is 4.59. The fourth-order valence-corrected chi connectivity index (χ4v) is 2.66. The van der Waals surface area contributed by atoms with Gasteiger partial charge >= 0.3 is 0 Å². The Morgan fingerprint density at radius 3 is 2.57 bits per heavy atom. The summed E-state index contributed by atoms with van der Waals surface area (Å²) in [6.07, 6.45) is 6.67. The lowest BCUT2D eigenvalue weighted by molar-refractivity contribution is 0.280. The van der Waals surface area contributed by atoms with E-state index in [0.29, 0.717) is 13.0 Å². The fraction of sp³-hybridized carbons (Fsp3) is 0.833. The van der Waals surface area contributed by atoms with Crippen molar-refractivity contribution in [2.75, 3.05) is 6.61 Å². The minimum Gasteiger partial charge on any atom is -0.417 e. The minimum absolute atomic E-state index is 0.0858. The summed E-state index contributed by atoms with van der Waals surface area (Å²) < 4.78 is 28.3.